The van der Waals surface area contributed by atoms with Gasteiger partial charge in [0.05, 0.1) is 0 Å². The van der Waals surface area contributed by atoms with Crippen LogP contribution in [-0.4, -0.2) is 22.6 Å². The van der Waals surface area contributed by atoms with Crippen molar-refractivity contribution in [3.63, 3.8) is 0 Å². The van der Waals surface area contributed by atoms with Crippen molar-refractivity contribution in [2.45, 2.75) is 18.8 Å². The summed E-state index contributed by atoms with van der Waals surface area (Å²) in [7, 11) is 0. The van der Waals surface area contributed by atoms with Crippen molar-refractivity contribution in [2.24, 2.45) is 5.73 Å². The molecule has 0 radical (unpaired) electrons. The van der Waals surface area contributed by atoms with Crippen LogP contribution >= 0.6 is 0 Å². The molecule has 110 valence electrons. The predicted octanol–water partition coefficient (Wildman–Crippen LogP) is 2.05. The zero-order chi connectivity index (χ0) is 15.5. The van der Waals surface area contributed by atoms with E-state index < -0.39 is 17.2 Å². The molecule has 2 aromatic rings. The maximum absolute atomic E-state index is 13.1. The Morgan fingerprint density at radius 3 is 2.52 bits per heavy atom. The summed E-state index contributed by atoms with van der Waals surface area (Å²) in [5.41, 5.74) is 6.51. The second kappa shape index (κ2) is 6.01. The fourth-order valence-electron chi connectivity index (χ4n) is 2.34. The second-order valence-electron chi connectivity index (χ2n) is 5.04. The predicted molar refractivity (Wildman–Crippen MR) is 77.4 cm³/mol. The van der Waals surface area contributed by atoms with E-state index in [0.29, 0.717) is 11.3 Å². The zero-order valence-electron chi connectivity index (χ0n) is 11.7. The Morgan fingerprint density at radius 1 is 1.33 bits per heavy atom. The van der Waals surface area contributed by atoms with Gasteiger partial charge in [-0.3, -0.25) is 9.78 Å². The van der Waals surface area contributed by atoms with E-state index in [0.717, 1.165) is 5.56 Å². The van der Waals surface area contributed by atoms with E-state index in [-0.39, 0.29) is 13.0 Å². The number of halogens is 1. The van der Waals surface area contributed by atoms with Crippen LogP contribution in [0.25, 0.3) is 0 Å². The summed E-state index contributed by atoms with van der Waals surface area (Å²) in [6, 6.07) is 9.09. The molecule has 0 spiro atoms. The molecule has 1 atom stereocenters. The van der Waals surface area contributed by atoms with Crippen LogP contribution in [0.5, 0.6) is 0 Å². The van der Waals surface area contributed by atoms with Gasteiger partial charge in [0, 0.05) is 24.9 Å². The number of rotatable bonds is 5. The Bertz CT molecular complexity index is 643. The standard InChI is InChI=1S/C16H17FN2O2/c1-11-3-2-8-19-14(11)9-16(10-18,15(20)21)12-4-6-13(17)7-5-12/h2-8H,9-10,18H2,1H3,(H,20,21). The molecule has 0 aliphatic rings. The van der Waals surface area contributed by atoms with Crippen LogP contribution < -0.4 is 5.73 Å². The minimum absolute atomic E-state index is 0.0933. The molecule has 2 rings (SSSR count). The average molecular weight is 288 g/mol. The molecule has 1 aromatic heterocycles. The molecular weight excluding hydrogens is 271 g/mol. The Balaban J connectivity index is 2.50. The summed E-state index contributed by atoms with van der Waals surface area (Å²) in [4.78, 5) is 16.1. The highest BCUT2D eigenvalue weighted by Gasteiger charge is 2.40. The van der Waals surface area contributed by atoms with Gasteiger partial charge in [0.1, 0.15) is 11.2 Å². The first-order valence-corrected chi connectivity index (χ1v) is 6.59. The number of carboxylic acids is 1. The lowest BCUT2D eigenvalue weighted by Gasteiger charge is -2.28. The largest absolute Gasteiger partial charge is 0.481 e. The quantitative estimate of drug-likeness (QED) is 0.883. The second-order valence-corrected chi connectivity index (χ2v) is 5.04. The first-order valence-electron chi connectivity index (χ1n) is 6.59. The number of aliphatic carboxylic acids is 1. The lowest BCUT2D eigenvalue weighted by Crippen LogP contribution is -2.45. The van der Waals surface area contributed by atoms with Gasteiger partial charge in [-0.2, -0.15) is 0 Å². The van der Waals surface area contributed by atoms with E-state index in [1.54, 1.807) is 12.3 Å². The highest BCUT2D eigenvalue weighted by molar-refractivity contribution is 5.82. The number of aromatic nitrogens is 1. The first-order chi connectivity index (χ1) is 9.99. The average Bonchev–Trinajstić information content (AvgIpc) is 2.47. The number of hydrogen-bond acceptors (Lipinski definition) is 3. The molecule has 0 saturated heterocycles. The molecule has 0 aliphatic carbocycles. The molecule has 3 N–H and O–H groups in total. The first kappa shape index (κ1) is 15.1. The van der Waals surface area contributed by atoms with Crippen LogP contribution in [0.3, 0.4) is 0 Å². The normalized spacial score (nSPS) is 13.7. The van der Waals surface area contributed by atoms with Gasteiger partial charge >= 0.3 is 5.97 Å². The SMILES string of the molecule is Cc1cccnc1CC(CN)(C(=O)O)c1ccc(F)cc1. The molecule has 5 heteroatoms. The maximum atomic E-state index is 13.1. The van der Waals surface area contributed by atoms with E-state index >= 15 is 0 Å². The fraction of sp³-hybridized carbons (Fsp3) is 0.250. The van der Waals surface area contributed by atoms with Crippen molar-refractivity contribution in [3.05, 3.63) is 65.2 Å². The van der Waals surface area contributed by atoms with Gasteiger partial charge in [-0.25, -0.2) is 4.39 Å². The smallest absolute Gasteiger partial charge is 0.315 e. The molecule has 21 heavy (non-hydrogen) atoms. The number of carboxylic acid groups (broad SMARTS) is 1. The number of nitrogens with two attached hydrogens (primary N) is 1. The van der Waals surface area contributed by atoms with Crippen LogP contribution in [0.2, 0.25) is 0 Å². The van der Waals surface area contributed by atoms with Gasteiger partial charge in [-0.05, 0) is 36.2 Å². The van der Waals surface area contributed by atoms with Gasteiger partial charge < -0.3 is 10.8 Å². The van der Waals surface area contributed by atoms with Gasteiger partial charge in [0.15, 0.2) is 0 Å². The summed E-state index contributed by atoms with van der Waals surface area (Å²) >= 11 is 0. The molecule has 0 bridgehead atoms. The summed E-state index contributed by atoms with van der Waals surface area (Å²) in [6.45, 7) is 1.78. The molecular formula is C16H17FN2O2. The van der Waals surface area contributed by atoms with Crippen molar-refractivity contribution >= 4 is 5.97 Å². The minimum atomic E-state index is -1.31. The van der Waals surface area contributed by atoms with E-state index in [2.05, 4.69) is 4.98 Å². The highest BCUT2D eigenvalue weighted by atomic mass is 19.1. The van der Waals surface area contributed by atoms with Crippen molar-refractivity contribution < 1.29 is 14.3 Å². The summed E-state index contributed by atoms with van der Waals surface area (Å²) < 4.78 is 13.1. The molecule has 0 aliphatic heterocycles. The third kappa shape index (κ3) is 2.92. The molecule has 0 saturated carbocycles. The van der Waals surface area contributed by atoms with Gasteiger partial charge in [-0.1, -0.05) is 18.2 Å². The van der Waals surface area contributed by atoms with E-state index in [1.165, 1.54) is 24.3 Å². The maximum Gasteiger partial charge on any atom is 0.315 e. The van der Waals surface area contributed by atoms with E-state index in [4.69, 9.17) is 5.73 Å². The lowest BCUT2D eigenvalue weighted by atomic mass is 9.76. The van der Waals surface area contributed by atoms with Gasteiger partial charge in [-0.15, -0.1) is 0 Å². The van der Waals surface area contributed by atoms with Gasteiger partial charge in [0.25, 0.3) is 0 Å². The third-order valence-corrected chi connectivity index (χ3v) is 3.74. The Kier molecular flexibility index (Phi) is 4.33. The number of hydrogen-bond donors (Lipinski definition) is 2. The zero-order valence-corrected chi connectivity index (χ0v) is 11.7. The highest BCUT2D eigenvalue weighted by Crippen LogP contribution is 2.29. The van der Waals surface area contributed by atoms with Crippen LogP contribution in [0.1, 0.15) is 16.8 Å². The van der Waals surface area contributed by atoms with Crippen molar-refractivity contribution in [1.29, 1.82) is 0 Å². The Morgan fingerprint density at radius 2 is 2.00 bits per heavy atom. The lowest BCUT2D eigenvalue weighted by molar-refractivity contribution is -0.143. The van der Waals surface area contributed by atoms with E-state index in [1.807, 2.05) is 13.0 Å². The Labute approximate surface area is 122 Å². The number of nitrogens with zero attached hydrogens (tertiary/aromatic N) is 1. The van der Waals surface area contributed by atoms with Crippen LogP contribution in [0.15, 0.2) is 42.6 Å². The fourth-order valence-corrected chi connectivity index (χ4v) is 2.34. The number of benzene rings is 1. The van der Waals surface area contributed by atoms with Gasteiger partial charge in [0.2, 0.25) is 0 Å². The molecule has 0 amide bonds. The summed E-state index contributed by atoms with van der Waals surface area (Å²) in [5.74, 6) is -1.45. The third-order valence-electron chi connectivity index (χ3n) is 3.74. The van der Waals surface area contributed by atoms with Crippen molar-refractivity contribution in [2.75, 3.05) is 6.54 Å². The molecule has 1 heterocycles. The van der Waals surface area contributed by atoms with E-state index in [9.17, 15) is 14.3 Å². The van der Waals surface area contributed by atoms with Crippen molar-refractivity contribution in [1.82, 2.24) is 4.98 Å². The van der Waals surface area contributed by atoms with Crippen LogP contribution in [0, 0.1) is 12.7 Å². The molecule has 4 nitrogen and oxygen atoms in total. The Hall–Kier alpha value is -2.27. The number of pyridine rings is 1. The summed E-state index contributed by atoms with van der Waals surface area (Å²) in [6.07, 6.45) is 1.78. The van der Waals surface area contributed by atoms with Crippen LogP contribution in [-0.2, 0) is 16.6 Å². The number of carbonyl (C=O) groups is 1. The van der Waals surface area contributed by atoms with Crippen LogP contribution in [0.4, 0.5) is 4.39 Å². The minimum Gasteiger partial charge on any atom is -0.481 e. The molecule has 1 unspecified atom stereocenters. The van der Waals surface area contributed by atoms with Crippen molar-refractivity contribution in [3.8, 4) is 0 Å². The monoisotopic (exact) mass is 288 g/mol. The molecule has 0 fully saturated rings. The summed E-state index contributed by atoms with van der Waals surface area (Å²) in [5, 5.41) is 9.70. The number of aryl methyl sites for hydroxylation is 1. The topological polar surface area (TPSA) is 76.2 Å². The molecule has 1 aromatic carbocycles.